The van der Waals surface area contributed by atoms with Gasteiger partial charge in [-0.3, -0.25) is 4.79 Å². The summed E-state index contributed by atoms with van der Waals surface area (Å²) in [6.07, 6.45) is 5.87. The highest BCUT2D eigenvalue weighted by molar-refractivity contribution is 7.91. The van der Waals surface area contributed by atoms with Gasteiger partial charge in [0, 0.05) is 37.3 Å². The maximum Gasteiger partial charge on any atom is 0.235 e. The fourth-order valence-corrected chi connectivity index (χ4v) is 5.03. The second-order valence-corrected chi connectivity index (χ2v) is 11.2. The number of carbonyl (C=O) groups is 1. The van der Waals surface area contributed by atoms with Crippen LogP contribution in [0, 0.1) is 5.82 Å². The Bertz CT molecular complexity index is 1720. The second kappa shape index (κ2) is 10.1. The summed E-state index contributed by atoms with van der Waals surface area (Å²) in [7, 11) is -3.41. The highest BCUT2D eigenvalue weighted by atomic mass is 32.2. The van der Waals surface area contributed by atoms with E-state index in [1.807, 2.05) is 16.7 Å². The molecule has 0 radical (unpaired) electrons. The molecule has 0 spiro atoms. The van der Waals surface area contributed by atoms with E-state index >= 15 is 0 Å². The molecule has 0 saturated heterocycles. The Hall–Kier alpha value is -4.10. The highest BCUT2D eigenvalue weighted by Crippen LogP contribution is 2.34. The van der Waals surface area contributed by atoms with Crippen LogP contribution in [0.4, 0.5) is 15.9 Å². The van der Waals surface area contributed by atoms with E-state index in [4.69, 9.17) is 4.74 Å². The summed E-state index contributed by atoms with van der Waals surface area (Å²) in [5, 5.41) is 6.52. The van der Waals surface area contributed by atoms with Gasteiger partial charge in [0.05, 0.1) is 21.8 Å². The Morgan fingerprint density at radius 2 is 2.03 bits per heavy atom. The zero-order valence-corrected chi connectivity index (χ0v) is 21.1. The quantitative estimate of drug-likeness (QED) is 0.288. The molecular weight excluding hydrogens is 519 g/mol. The number of anilines is 2. The number of hydrogen-bond acceptors (Lipinski definition) is 9. The number of ether oxygens (including phenoxy) is 1. The summed E-state index contributed by atoms with van der Waals surface area (Å²) in [5.74, 6) is -0.660. The van der Waals surface area contributed by atoms with E-state index in [9.17, 15) is 17.6 Å². The van der Waals surface area contributed by atoms with Gasteiger partial charge in [-0.25, -0.2) is 22.8 Å². The molecule has 10 nitrogen and oxygen atoms in total. The van der Waals surface area contributed by atoms with Gasteiger partial charge in [-0.2, -0.15) is 4.37 Å². The van der Waals surface area contributed by atoms with Gasteiger partial charge in [0.15, 0.2) is 27.2 Å². The van der Waals surface area contributed by atoms with Gasteiger partial charge in [-0.1, -0.05) is 6.07 Å². The average molecular weight is 541 g/mol. The summed E-state index contributed by atoms with van der Waals surface area (Å²) in [4.78, 5) is 20.4. The van der Waals surface area contributed by atoms with Gasteiger partial charge in [-0.05, 0) is 41.9 Å². The molecule has 190 valence electrons. The number of aromatic nitrogens is 4. The van der Waals surface area contributed by atoms with Crippen LogP contribution in [0.25, 0.3) is 21.1 Å². The molecule has 0 aliphatic rings. The number of carbonyl (C=O) groups excluding carboxylic acids is 1. The number of rotatable bonds is 9. The second-order valence-electron chi connectivity index (χ2n) is 8.25. The normalized spacial score (nSPS) is 11.6. The molecule has 0 bridgehead atoms. The fourth-order valence-electron chi connectivity index (χ4n) is 3.79. The SMILES string of the molecule is CS(=O)(=O)CC(=O)NCCn1ccc2ncnc(Nc3ccc(Oc4cccc5sncc45)c(F)c3)c21. The average Bonchev–Trinajstić information content (AvgIpc) is 3.48. The Kier molecular flexibility index (Phi) is 6.72. The molecule has 0 saturated carbocycles. The van der Waals surface area contributed by atoms with Crippen molar-refractivity contribution in [3.63, 3.8) is 0 Å². The van der Waals surface area contributed by atoms with Crippen LogP contribution in [0.5, 0.6) is 11.5 Å². The molecule has 0 fully saturated rings. The van der Waals surface area contributed by atoms with Crippen molar-refractivity contribution in [3.8, 4) is 11.5 Å². The Balaban J connectivity index is 1.32. The molecular formula is C24H21FN6O4S2. The Labute approximate surface area is 215 Å². The van der Waals surface area contributed by atoms with Gasteiger partial charge in [0.25, 0.3) is 0 Å². The van der Waals surface area contributed by atoms with Crippen LogP contribution < -0.4 is 15.4 Å². The van der Waals surface area contributed by atoms with Crippen molar-refractivity contribution in [1.29, 1.82) is 0 Å². The number of amides is 1. The molecule has 13 heteroatoms. The first-order chi connectivity index (χ1) is 17.8. The molecule has 5 rings (SSSR count). The third kappa shape index (κ3) is 5.67. The molecule has 1 amide bonds. The van der Waals surface area contributed by atoms with Crippen LogP contribution in [-0.2, 0) is 21.2 Å². The number of benzene rings is 2. The molecule has 5 aromatic rings. The largest absolute Gasteiger partial charge is 0.454 e. The predicted octanol–water partition coefficient (Wildman–Crippen LogP) is 3.88. The van der Waals surface area contributed by atoms with Crippen LogP contribution in [0.1, 0.15) is 0 Å². The van der Waals surface area contributed by atoms with Crippen molar-refractivity contribution in [2.24, 2.45) is 0 Å². The third-order valence-electron chi connectivity index (χ3n) is 5.39. The van der Waals surface area contributed by atoms with E-state index in [2.05, 4.69) is 25.0 Å². The Morgan fingerprint density at radius 1 is 1.16 bits per heavy atom. The first kappa shape index (κ1) is 24.6. The van der Waals surface area contributed by atoms with Gasteiger partial charge >= 0.3 is 0 Å². The van der Waals surface area contributed by atoms with Crippen LogP contribution in [0.3, 0.4) is 0 Å². The monoisotopic (exact) mass is 540 g/mol. The van der Waals surface area contributed by atoms with E-state index in [1.54, 1.807) is 30.6 Å². The predicted molar refractivity (Wildman–Crippen MR) is 140 cm³/mol. The maximum atomic E-state index is 15.0. The molecule has 37 heavy (non-hydrogen) atoms. The molecule has 2 aromatic carbocycles. The van der Waals surface area contributed by atoms with Crippen molar-refractivity contribution in [1.82, 2.24) is 24.2 Å². The Morgan fingerprint density at radius 3 is 2.84 bits per heavy atom. The van der Waals surface area contributed by atoms with Crippen LogP contribution in [0.15, 0.2) is 61.2 Å². The number of fused-ring (bicyclic) bond motifs is 2. The van der Waals surface area contributed by atoms with Gasteiger partial charge < -0.3 is 19.9 Å². The first-order valence-electron chi connectivity index (χ1n) is 11.1. The summed E-state index contributed by atoms with van der Waals surface area (Å²) in [6.45, 7) is 0.560. The van der Waals surface area contributed by atoms with Gasteiger partial charge in [0.2, 0.25) is 5.91 Å². The van der Waals surface area contributed by atoms with Crippen LogP contribution in [-0.4, -0.2) is 51.8 Å². The van der Waals surface area contributed by atoms with E-state index < -0.39 is 27.3 Å². The van der Waals surface area contributed by atoms with E-state index in [1.165, 1.54) is 30.0 Å². The fraction of sp³-hybridized carbons (Fsp3) is 0.167. The van der Waals surface area contributed by atoms with Crippen molar-refractivity contribution in [3.05, 3.63) is 67.0 Å². The molecule has 3 heterocycles. The lowest BCUT2D eigenvalue weighted by Gasteiger charge is -2.13. The topological polar surface area (TPSA) is 128 Å². The first-order valence-corrected chi connectivity index (χ1v) is 13.9. The van der Waals surface area contributed by atoms with Crippen molar-refractivity contribution >= 4 is 59.9 Å². The summed E-state index contributed by atoms with van der Waals surface area (Å²) in [6, 6.07) is 11.8. The standard InChI is InChI=1S/C24H21FN6O4S2/c1-37(33,34)13-22(32)26-8-10-31-9-7-18-23(31)24(28-14-27-18)30-15-5-6-20(17(25)11-15)35-19-3-2-4-21-16(19)12-29-36-21/h2-7,9,11-12,14H,8,10,13H2,1H3,(H,26,32)(H,27,28,30). The van der Waals surface area contributed by atoms with E-state index in [-0.39, 0.29) is 12.3 Å². The molecule has 0 atom stereocenters. The number of nitrogens with one attached hydrogen (secondary N) is 2. The number of sulfone groups is 1. The van der Waals surface area contributed by atoms with Gasteiger partial charge in [-0.15, -0.1) is 0 Å². The lowest BCUT2D eigenvalue weighted by atomic mass is 10.2. The van der Waals surface area contributed by atoms with Crippen LogP contribution >= 0.6 is 11.5 Å². The summed E-state index contributed by atoms with van der Waals surface area (Å²) in [5.41, 5.74) is 1.75. The highest BCUT2D eigenvalue weighted by Gasteiger charge is 2.14. The summed E-state index contributed by atoms with van der Waals surface area (Å²) >= 11 is 1.34. The molecule has 0 aliphatic carbocycles. The van der Waals surface area contributed by atoms with Crippen molar-refractivity contribution in [2.45, 2.75) is 6.54 Å². The van der Waals surface area contributed by atoms with E-state index in [0.29, 0.717) is 34.8 Å². The zero-order chi connectivity index (χ0) is 26.0. The minimum atomic E-state index is -3.41. The lowest BCUT2D eigenvalue weighted by molar-refractivity contribution is -0.118. The number of halogens is 1. The molecule has 0 aliphatic heterocycles. The molecule has 2 N–H and O–H groups in total. The maximum absolute atomic E-state index is 15.0. The van der Waals surface area contributed by atoms with E-state index in [0.717, 1.165) is 16.3 Å². The smallest absolute Gasteiger partial charge is 0.235 e. The number of nitrogens with zero attached hydrogens (tertiary/aromatic N) is 4. The number of hydrogen-bond donors (Lipinski definition) is 2. The zero-order valence-electron chi connectivity index (χ0n) is 19.5. The van der Waals surface area contributed by atoms with Crippen molar-refractivity contribution in [2.75, 3.05) is 23.9 Å². The minimum Gasteiger partial charge on any atom is -0.454 e. The van der Waals surface area contributed by atoms with Crippen LogP contribution in [0.2, 0.25) is 0 Å². The molecule has 3 aromatic heterocycles. The molecule has 0 unspecified atom stereocenters. The minimum absolute atomic E-state index is 0.0743. The van der Waals surface area contributed by atoms with Gasteiger partial charge in [0.1, 0.15) is 23.3 Å². The lowest BCUT2D eigenvalue weighted by Crippen LogP contribution is -2.32. The summed E-state index contributed by atoms with van der Waals surface area (Å²) < 4.78 is 50.3. The van der Waals surface area contributed by atoms with Crippen molar-refractivity contribution < 1.29 is 22.3 Å². The third-order valence-corrected chi connectivity index (χ3v) is 6.94.